The fourth-order valence-electron chi connectivity index (χ4n) is 16.2. The number of hydrogen-bond donors (Lipinski definition) is 0. The highest BCUT2D eigenvalue weighted by atomic mass is 32.1. The van der Waals surface area contributed by atoms with Crippen molar-refractivity contribution in [3.05, 3.63) is 348 Å². The normalized spacial score (nSPS) is 12.0. The molecule has 0 saturated carbocycles. The van der Waals surface area contributed by atoms with Crippen LogP contribution in [0.4, 0.5) is 17.1 Å². The topological polar surface area (TPSA) is 78.5 Å². The first kappa shape index (κ1) is 56.8. The molecule has 101 heavy (non-hydrogen) atoms. The highest BCUT2D eigenvalue weighted by Crippen LogP contribution is 2.51. The number of anilines is 3. The molecule has 0 saturated heterocycles. The summed E-state index contributed by atoms with van der Waals surface area (Å²) in [5.41, 5.74) is 18.5. The van der Waals surface area contributed by atoms with E-state index < -0.39 is 5.63 Å². The van der Waals surface area contributed by atoms with Gasteiger partial charge in [-0.05, 0) is 179 Å². The lowest BCUT2D eigenvalue weighted by molar-refractivity contribution is 0.571. The van der Waals surface area contributed by atoms with Gasteiger partial charge < -0.3 is 27.4 Å². The van der Waals surface area contributed by atoms with Gasteiger partial charge in [0.1, 0.15) is 0 Å². The maximum atomic E-state index is 14.9. The number of fused-ring (bicyclic) bond motifs is 20. The van der Waals surface area contributed by atoms with Crippen LogP contribution in [0.15, 0.2) is 346 Å². The minimum Gasteiger partial charge on any atom is -0.420 e. The molecule has 8 nitrogen and oxygen atoms in total. The fourth-order valence-corrected chi connectivity index (χ4v) is 17.4. The van der Waals surface area contributed by atoms with Gasteiger partial charge in [0.05, 0.1) is 43.9 Å². The number of nitrogens with zero attached hydrogens (tertiary/aromatic N) is 4. The second-order valence-electron chi connectivity index (χ2n) is 26.1. The minimum absolute atomic E-state index is 0.371. The van der Waals surface area contributed by atoms with Crippen LogP contribution in [0.2, 0.25) is 0 Å². The maximum Gasteiger partial charge on any atom is 0.344 e. The average Bonchev–Trinajstić information content (AvgIpc) is 1.58. The molecule has 0 fully saturated rings. The number of para-hydroxylation sites is 6. The molecule has 21 aromatic rings. The molecule has 0 N–H and O–H groups in total. The minimum atomic E-state index is -0.401. The largest absolute Gasteiger partial charge is 0.420 e. The summed E-state index contributed by atoms with van der Waals surface area (Å²) in [7, 11) is 0. The highest BCUT2D eigenvalue weighted by molar-refractivity contribution is 7.26. The van der Waals surface area contributed by atoms with Gasteiger partial charge in [-0.25, -0.2) is 9.59 Å². The quantitative estimate of drug-likeness (QED) is 0.106. The SMILES string of the molecule is O=c1oc2c(ccc3c4ccccc4n(-c4ccc5sc6c(-c7cc8c9ccccc9n(-c9ccc(-c%10ccc(N(c%11ccccc%11)c%11ccccc%11)cc%10)cc9)c8c8oc(=O)c9ccccc9c78)cc(-c7ccc8c(c7)c7ccccc7n8-c7ccccc7)cc6c5c4)c32)c2ccccc12. The molecule has 472 valence electrons. The zero-order chi connectivity index (χ0) is 66.6. The van der Waals surface area contributed by atoms with Crippen LogP contribution in [0, 0.1) is 0 Å². The van der Waals surface area contributed by atoms with E-state index in [0.29, 0.717) is 21.9 Å². The first-order valence-corrected chi connectivity index (χ1v) is 34.8. The molecule has 15 aromatic carbocycles. The van der Waals surface area contributed by atoms with Crippen LogP contribution in [-0.2, 0) is 0 Å². The second kappa shape index (κ2) is 22.1. The Morgan fingerprint density at radius 3 is 1.41 bits per heavy atom. The highest BCUT2D eigenvalue weighted by Gasteiger charge is 2.27. The summed E-state index contributed by atoms with van der Waals surface area (Å²) in [5, 5.41) is 12.9. The monoisotopic (exact) mass is 1310 g/mol. The van der Waals surface area contributed by atoms with E-state index in [9.17, 15) is 9.59 Å². The Labute approximate surface area is 580 Å². The van der Waals surface area contributed by atoms with Crippen molar-refractivity contribution in [3.63, 3.8) is 0 Å². The van der Waals surface area contributed by atoms with Gasteiger partial charge in [-0.1, -0.05) is 182 Å². The first-order chi connectivity index (χ1) is 49.9. The zero-order valence-corrected chi connectivity index (χ0v) is 54.8. The first-order valence-electron chi connectivity index (χ1n) is 33.9. The van der Waals surface area contributed by atoms with Gasteiger partial charge in [-0.3, -0.25) is 0 Å². The van der Waals surface area contributed by atoms with Gasteiger partial charge in [-0.2, -0.15) is 0 Å². The number of thiophene rings is 1. The predicted octanol–water partition coefficient (Wildman–Crippen LogP) is 24.3. The standard InChI is InChI=1S/C92H54N4O4S/c97-91-72-31-12-10-26-65(72)71-47-46-70-66-27-14-18-34-81(66)96(86(70)88(71)99-91)64-45-49-84-75(53-64)78-51-58(57-40-48-83-74(50-57)67-28-15-17-33-80(67)94(83)61-24-8-3-9-25-61)52-79(90(78)101-84)76-54-77-68-29-16-19-35-82(68)95(87(77)89-85(76)69-30-11-13-32-73(69)92(98)100-89)63-43-38-56(39-44-63)55-36-41-62(42-37-55)93(59-20-4-1-5-21-59)60-22-6-2-7-23-60/h1-54H. The van der Waals surface area contributed by atoms with Crippen molar-refractivity contribution >= 4 is 157 Å². The van der Waals surface area contributed by atoms with Crippen molar-refractivity contribution in [2.24, 2.45) is 0 Å². The van der Waals surface area contributed by atoms with Gasteiger partial charge in [0.15, 0.2) is 11.2 Å². The van der Waals surface area contributed by atoms with Crippen LogP contribution in [0.1, 0.15) is 0 Å². The smallest absolute Gasteiger partial charge is 0.344 e. The third kappa shape index (κ3) is 8.61. The Bertz CT molecular complexity index is 7130. The van der Waals surface area contributed by atoms with Crippen LogP contribution < -0.4 is 16.2 Å². The predicted molar refractivity (Wildman–Crippen MR) is 420 cm³/mol. The van der Waals surface area contributed by atoms with Crippen molar-refractivity contribution in [1.29, 1.82) is 0 Å². The zero-order valence-electron chi connectivity index (χ0n) is 54.0. The molecule has 0 unspecified atom stereocenters. The van der Waals surface area contributed by atoms with E-state index in [4.69, 9.17) is 8.83 Å². The summed E-state index contributed by atoms with van der Waals surface area (Å²) in [5.74, 6) is 0. The van der Waals surface area contributed by atoms with E-state index in [1.807, 2.05) is 54.6 Å². The number of hydrogen-bond acceptors (Lipinski definition) is 6. The molecule has 0 spiro atoms. The molecular weight excluding hydrogens is 1260 g/mol. The molecule has 6 heterocycles. The lowest BCUT2D eigenvalue weighted by Gasteiger charge is -2.25. The van der Waals surface area contributed by atoms with Gasteiger partial charge in [0.25, 0.3) is 0 Å². The number of rotatable bonds is 9. The lowest BCUT2D eigenvalue weighted by Crippen LogP contribution is -2.09. The van der Waals surface area contributed by atoms with E-state index in [2.05, 4.69) is 292 Å². The second-order valence-corrected chi connectivity index (χ2v) is 27.2. The maximum absolute atomic E-state index is 14.9. The summed E-state index contributed by atoms with van der Waals surface area (Å²) in [6, 6.07) is 115. The van der Waals surface area contributed by atoms with Crippen LogP contribution in [0.5, 0.6) is 0 Å². The summed E-state index contributed by atoms with van der Waals surface area (Å²) < 4.78 is 22.5. The van der Waals surface area contributed by atoms with Crippen molar-refractivity contribution in [1.82, 2.24) is 13.7 Å². The summed E-state index contributed by atoms with van der Waals surface area (Å²) in [4.78, 5) is 31.2. The molecule has 0 bridgehead atoms. The molecule has 0 atom stereocenters. The summed E-state index contributed by atoms with van der Waals surface area (Å²) in [6.45, 7) is 0. The Morgan fingerprint density at radius 1 is 0.267 bits per heavy atom. The Morgan fingerprint density at radius 2 is 0.733 bits per heavy atom. The Hall–Kier alpha value is -13.3. The lowest BCUT2D eigenvalue weighted by atomic mass is 9.91. The van der Waals surface area contributed by atoms with Crippen LogP contribution >= 0.6 is 11.3 Å². The van der Waals surface area contributed by atoms with Crippen molar-refractivity contribution in [2.45, 2.75) is 0 Å². The van der Waals surface area contributed by atoms with Crippen molar-refractivity contribution < 1.29 is 8.83 Å². The van der Waals surface area contributed by atoms with Crippen LogP contribution in [0.25, 0.3) is 180 Å². The van der Waals surface area contributed by atoms with Crippen molar-refractivity contribution in [2.75, 3.05) is 4.90 Å². The Balaban J connectivity index is 0.802. The molecule has 0 radical (unpaired) electrons. The third-order valence-electron chi connectivity index (χ3n) is 20.7. The van der Waals surface area contributed by atoms with Crippen LogP contribution in [0.3, 0.4) is 0 Å². The third-order valence-corrected chi connectivity index (χ3v) is 21.9. The van der Waals surface area contributed by atoms with Crippen LogP contribution in [-0.4, -0.2) is 13.7 Å². The fraction of sp³-hybridized carbons (Fsp3) is 0. The molecule has 0 aliphatic heterocycles. The number of aromatic nitrogens is 3. The summed E-state index contributed by atoms with van der Waals surface area (Å²) in [6.07, 6.45) is 0. The van der Waals surface area contributed by atoms with E-state index in [0.717, 1.165) is 175 Å². The molecule has 0 amide bonds. The summed E-state index contributed by atoms with van der Waals surface area (Å²) >= 11 is 1.77. The van der Waals surface area contributed by atoms with Gasteiger partial charge in [0.2, 0.25) is 0 Å². The van der Waals surface area contributed by atoms with Crippen molar-refractivity contribution in [3.8, 4) is 50.4 Å². The van der Waals surface area contributed by atoms with E-state index in [1.54, 1.807) is 11.3 Å². The van der Waals surface area contributed by atoms with E-state index in [-0.39, 0.29) is 5.63 Å². The average molecular weight is 1310 g/mol. The molecule has 21 rings (SSSR count). The number of benzene rings is 15. The van der Waals surface area contributed by atoms with Gasteiger partial charge in [-0.15, -0.1) is 11.3 Å². The molecular formula is C92H54N4O4S. The molecule has 0 aliphatic carbocycles. The molecule has 6 aromatic heterocycles. The van der Waals surface area contributed by atoms with Gasteiger partial charge >= 0.3 is 11.3 Å². The van der Waals surface area contributed by atoms with E-state index in [1.165, 1.54) is 0 Å². The van der Waals surface area contributed by atoms with Gasteiger partial charge in [0, 0.05) is 108 Å². The van der Waals surface area contributed by atoms with E-state index >= 15 is 0 Å². The Kier molecular flexibility index (Phi) is 12.4. The molecule has 0 aliphatic rings. The molecule has 9 heteroatoms.